The van der Waals surface area contributed by atoms with E-state index in [4.69, 9.17) is 23.2 Å². The standard InChI is InChI=1S/C12H14BrCl2N/c13-9-5-6-10(12(15)11(9)14)16-7-8-3-1-2-4-8/h5-6,8,16H,1-4,7H2. The van der Waals surface area contributed by atoms with Crippen LogP contribution in [-0.2, 0) is 0 Å². The molecule has 1 N–H and O–H groups in total. The van der Waals surface area contributed by atoms with Gasteiger partial charge in [-0.1, -0.05) is 36.0 Å². The first-order valence-electron chi connectivity index (χ1n) is 5.56. The minimum atomic E-state index is 0.582. The first-order valence-corrected chi connectivity index (χ1v) is 7.10. The summed E-state index contributed by atoms with van der Waals surface area (Å²) in [5.41, 5.74) is 0.932. The van der Waals surface area contributed by atoms with Crippen LogP contribution < -0.4 is 5.32 Å². The van der Waals surface area contributed by atoms with Crippen LogP contribution in [-0.4, -0.2) is 6.54 Å². The normalized spacial score (nSPS) is 16.7. The van der Waals surface area contributed by atoms with Gasteiger partial charge in [0.05, 0.1) is 15.7 Å². The average Bonchev–Trinajstić information content (AvgIpc) is 2.78. The molecule has 0 amide bonds. The fraction of sp³-hybridized carbons (Fsp3) is 0.500. The van der Waals surface area contributed by atoms with Crippen LogP contribution in [0.3, 0.4) is 0 Å². The Balaban J connectivity index is 2.01. The first-order chi connectivity index (χ1) is 7.68. The van der Waals surface area contributed by atoms with Gasteiger partial charge in [0, 0.05) is 11.0 Å². The Bertz CT molecular complexity index is 376. The van der Waals surface area contributed by atoms with Gasteiger partial charge in [0.15, 0.2) is 0 Å². The summed E-state index contributed by atoms with van der Waals surface area (Å²) >= 11 is 15.6. The van der Waals surface area contributed by atoms with Crippen LogP contribution in [0.25, 0.3) is 0 Å². The van der Waals surface area contributed by atoms with E-state index < -0.39 is 0 Å². The van der Waals surface area contributed by atoms with E-state index in [1.165, 1.54) is 25.7 Å². The molecule has 0 heterocycles. The molecule has 1 fully saturated rings. The zero-order valence-electron chi connectivity index (χ0n) is 8.90. The van der Waals surface area contributed by atoms with Crippen molar-refractivity contribution in [3.63, 3.8) is 0 Å². The highest BCUT2D eigenvalue weighted by molar-refractivity contribution is 9.10. The van der Waals surface area contributed by atoms with Gasteiger partial charge in [-0.05, 0) is 46.8 Å². The first kappa shape index (κ1) is 12.5. The number of hydrogen-bond donors (Lipinski definition) is 1. The Morgan fingerprint density at radius 1 is 1.19 bits per heavy atom. The summed E-state index contributed by atoms with van der Waals surface area (Å²) in [7, 11) is 0. The van der Waals surface area contributed by atoms with Crippen LogP contribution in [0.15, 0.2) is 16.6 Å². The summed E-state index contributed by atoms with van der Waals surface area (Å²) in [6.45, 7) is 0.998. The molecule has 1 aliphatic carbocycles. The largest absolute Gasteiger partial charge is 0.384 e. The molecule has 1 aromatic rings. The molecule has 0 atom stereocenters. The SMILES string of the molecule is Clc1c(Br)ccc(NCC2CCCC2)c1Cl. The van der Waals surface area contributed by atoms with Gasteiger partial charge in [-0.15, -0.1) is 0 Å². The highest BCUT2D eigenvalue weighted by Gasteiger charge is 2.15. The topological polar surface area (TPSA) is 12.0 Å². The van der Waals surface area contributed by atoms with Crippen LogP contribution >= 0.6 is 39.1 Å². The van der Waals surface area contributed by atoms with E-state index in [0.717, 1.165) is 22.6 Å². The molecule has 0 aromatic heterocycles. The highest BCUT2D eigenvalue weighted by atomic mass is 79.9. The maximum absolute atomic E-state index is 6.16. The summed E-state index contributed by atoms with van der Waals surface area (Å²) in [5.74, 6) is 0.790. The molecule has 88 valence electrons. The Kier molecular flexibility index (Phi) is 4.40. The monoisotopic (exact) mass is 321 g/mol. The smallest absolute Gasteiger partial charge is 0.0835 e. The zero-order valence-corrected chi connectivity index (χ0v) is 12.0. The predicted molar refractivity (Wildman–Crippen MR) is 74.6 cm³/mol. The summed E-state index contributed by atoms with van der Waals surface area (Å²) in [6.07, 6.45) is 5.38. The number of hydrogen-bond acceptors (Lipinski definition) is 1. The lowest BCUT2D eigenvalue weighted by Gasteiger charge is -2.14. The van der Waals surface area contributed by atoms with Crippen molar-refractivity contribution in [1.82, 2.24) is 0 Å². The molecule has 4 heteroatoms. The molecule has 1 nitrogen and oxygen atoms in total. The third-order valence-corrected chi connectivity index (χ3v) is 4.86. The molecule has 0 unspecified atom stereocenters. The molecule has 0 aliphatic heterocycles. The highest BCUT2D eigenvalue weighted by Crippen LogP contribution is 2.36. The molecule has 0 bridgehead atoms. The molecule has 1 aromatic carbocycles. The Hall–Kier alpha value is 0.0800. The second-order valence-corrected chi connectivity index (χ2v) is 5.86. The Morgan fingerprint density at radius 2 is 1.88 bits per heavy atom. The van der Waals surface area contributed by atoms with Gasteiger partial charge < -0.3 is 5.32 Å². The van der Waals surface area contributed by atoms with Crippen molar-refractivity contribution in [1.29, 1.82) is 0 Å². The minimum Gasteiger partial charge on any atom is -0.384 e. The molecule has 1 saturated carbocycles. The van der Waals surface area contributed by atoms with E-state index >= 15 is 0 Å². The molecule has 2 rings (SSSR count). The average molecular weight is 323 g/mol. The van der Waals surface area contributed by atoms with Gasteiger partial charge >= 0.3 is 0 Å². The van der Waals surface area contributed by atoms with Crippen molar-refractivity contribution in [2.75, 3.05) is 11.9 Å². The van der Waals surface area contributed by atoms with Gasteiger partial charge in [0.2, 0.25) is 0 Å². The van der Waals surface area contributed by atoms with Crippen molar-refractivity contribution in [3.05, 3.63) is 26.7 Å². The van der Waals surface area contributed by atoms with Crippen LogP contribution in [0.4, 0.5) is 5.69 Å². The van der Waals surface area contributed by atoms with E-state index in [2.05, 4.69) is 21.2 Å². The Morgan fingerprint density at radius 3 is 2.56 bits per heavy atom. The summed E-state index contributed by atoms with van der Waals surface area (Å²) in [5, 5.41) is 4.57. The fourth-order valence-corrected chi connectivity index (χ4v) is 2.97. The van der Waals surface area contributed by atoms with Gasteiger partial charge in [-0.3, -0.25) is 0 Å². The molecular formula is C12H14BrCl2N. The number of rotatable bonds is 3. The van der Waals surface area contributed by atoms with E-state index in [9.17, 15) is 0 Å². The van der Waals surface area contributed by atoms with Gasteiger partial charge in [0.1, 0.15) is 0 Å². The maximum Gasteiger partial charge on any atom is 0.0835 e. The fourth-order valence-electron chi connectivity index (χ4n) is 2.13. The summed E-state index contributed by atoms with van der Waals surface area (Å²) in [4.78, 5) is 0. The number of nitrogens with one attached hydrogen (secondary N) is 1. The maximum atomic E-state index is 6.16. The van der Waals surface area contributed by atoms with Gasteiger partial charge in [-0.25, -0.2) is 0 Å². The molecule has 0 saturated heterocycles. The lowest BCUT2D eigenvalue weighted by Crippen LogP contribution is -2.11. The van der Waals surface area contributed by atoms with Crippen molar-refractivity contribution >= 4 is 44.8 Å². The van der Waals surface area contributed by atoms with E-state index in [0.29, 0.717) is 10.0 Å². The Labute approximate surface area is 115 Å². The minimum absolute atomic E-state index is 0.582. The van der Waals surface area contributed by atoms with Crippen LogP contribution in [0.5, 0.6) is 0 Å². The zero-order chi connectivity index (χ0) is 11.5. The number of anilines is 1. The molecule has 0 radical (unpaired) electrons. The lowest BCUT2D eigenvalue weighted by molar-refractivity contribution is 0.580. The van der Waals surface area contributed by atoms with Crippen molar-refractivity contribution < 1.29 is 0 Å². The third kappa shape index (κ3) is 2.85. The van der Waals surface area contributed by atoms with Crippen molar-refractivity contribution in [3.8, 4) is 0 Å². The van der Waals surface area contributed by atoms with Gasteiger partial charge in [-0.2, -0.15) is 0 Å². The van der Waals surface area contributed by atoms with Crippen LogP contribution in [0.2, 0.25) is 10.0 Å². The van der Waals surface area contributed by atoms with Gasteiger partial charge in [0.25, 0.3) is 0 Å². The lowest BCUT2D eigenvalue weighted by atomic mass is 10.1. The van der Waals surface area contributed by atoms with E-state index in [1.54, 1.807) is 0 Å². The van der Waals surface area contributed by atoms with Crippen LogP contribution in [0, 0.1) is 5.92 Å². The van der Waals surface area contributed by atoms with Crippen LogP contribution in [0.1, 0.15) is 25.7 Å². The predicted octanol–water partition coefficient (Wildman–Crippen LogP) is 5.36. The molecule has 0 spiro atoms. The number of halogens is 3. The second kappa shape index (κ2) is 5.61. The molecular weight excluding hydrogens is 309 g/mol. The second-order valence-electron chi connectivity index (χ2n) is 4.25. The number of benzene rings is 1. The molecule has 16 heavy (non-hydrogen) atoms. The molecule has 1 aliphatic rings. The van der Waals surface area contributed by atoms with E-state index in [1.807, 2.05) is 12.1 Å². The summed E-state index contributed by atoms with van der Waals surface area (Å²) in [6, 6.07) is 3.89. The third-order valence-electron chi connectivity index (χ3n) is 3.09. The van der Waals surface area contributed by atoms with Crippen molar-refractivity contribution in [2.24, 2.45) is 5.92 Å². The summed E-state index contributed by atoms with van der Waals surface area (Å²) < 4.78 is 0.839. The quantitative estimate of drug-likeness (QED) is 0.739. The van der Waals surface area contributed by atoms with E-state index in [-0.39, 0.29) is 0 Å². The van der Waals surface area contributed by atoms with Crippen molar-refractivity contribution in [2.45, 2.75) is 25.7 Å².